The van der Waals surface area contributed by atoms with Crippen molar-refractivity contribution in [1.82, 2.24) is 0 Å². The van der Waals surface area contributed by atoms with Gasteiger partial charge in [-0.1, -0.05) is 69.4 Å². The molecule has 1 aliphatic carbocycles. The van der Waals surface area contributed by atoms with E-state index in [9.17, 15) is 22.0 Å². The Morgan fingerprint density at radius 3 is 2.41 bits per heavy atom. The predicted octanol–water partition coefficient (Wildman–Crippen LogP) is 9.07. The Balaban J connectivity index is 1.71. The summed E-state index contributed by atoms with van der Waals surface area (Å²) in [6.45, 7) is 2.17. The average molecular weight is 477 g/mol. The lowest BCUT2D eigenvalue weighted by molar-refractivity contribution is -0.275. The molecule has 3 aromatic rings. The van der Waals surface area contributed by atoms with Gasteiger partial charge in [0.1, 0.15) is 5.82 Å². The van der Waals surface area contributed by atoms with Crippen LogP contribution in [0.3, 0.4) is 0 Å². The zero-order valence-corrected chi connectivity index (χ0v) is 19.2. The van der Waals surface area contributed by atoms with Crippen molar-refractivity contribution in [1.29, 1.82) is 0 Å². The van der Waals surface area contributed by atoms with Crippen molar-refractivity contribution < 1.29 is 26.7 Å². The molecule has 0 bridgehead atoms. The molecular formula is C28H29F5O. The minimum atomic E-state index is -4.95. The summed E-state index contributed by atoms with van der Waals surface area (Å²) in [6, 6.07) is 12.5. The summed E-state index contributed by atoms with van der Waals surface area (Å²) in [6.07, 6.45) is 3.37. The Morgan fingerprint density at radius 2 is 1.68 bits per heavy atom. The van der Waals surface area contributed by atoms with E-state index in [4.69, 9.17) is 0 Å². The summed E-state index contributed by atoms with van der Waals surface area (Å²) in [5, 5.41) is 1.40. The van der Waals surface area contributed by atoms with Gasteiger partial charge >= 0.3 is 6.36 Å². The third-order valence-electron chi connectivity index (χ3n) is 6.95. The third-order valence-corrected chi connectivity index (χ3v) is 6.95. The lowest BCUT2D eigenvalue weighted by Gasteiger charge is -2.35. The molecule has 0 amide bonds. The number of alkyl halides is 3. The SMILES string of the molecule is CCCCCCC[C@@H]1CCc2c(ccc3c(F)cccc23)[C@H]1c1ccc(OC(F)(F)F)c(F)c1. The molecule has 6 heteroatoms. The first-order valence-corrected chi connectivity index (χ1v) is 12.0. The monoisotopic (exact) mass is 476 g/mol. The molecule has 3 aromatic carbocycles. The highest BCUT2D eigenvalue weighted by molar-refractivity contribution is 5.88. The van der Waals surface area contributed by atoms with Gasteiger partial charge < -0.3 is 4.74 Å². The normalized spacial score (nSPS) is 18.2. The lowest BCUT2D eigenvalue weighted by atomic mass is 9.69. The number of ether oxygens (including phenoxy) is 1. The minimum Gasteiger partial charge on any atom is -0.403 e. The zero-order chi connectivity index (χ0) is 24.3. The fourth-order valence-electron chi connectivity index (χ4n) is 5.41. The number of unbranched alkanes of at least 4 members (excludes halogenated alkanes) is 4. The molecule has 4 rings (SSSR count). The van der Waals surface area contributed by atoms with Crippen molar-refractivity contribution in [2.75, 3.05) is 0 Å². The summed E-state index contributed by atoms with van der Waals surface area (Å²) in [4.78, 5) is 0. The highest BCUT2D eigenvalue weighted by Crippen LogP contribution is 2.46. The Labute approximate surface area is 196 Å². The number of fused-ring (bicyclic) bond motifs is 3. The number of halogens is 5. The molecule has 0 N–H and O–H groups in total. The first-order valence-electron chi connectivity index (χ1n) is 12.0. The van der Waals surface area contributed by atoms with E-state index in [1.54, 1.807) is 12.1 Å². The van der Waals surface area contributed by atoms with E-state index in [1.165, 1.54) is 31.0 Å². The zero-order valence-electron chi connectivity index (χ0n) is 19.2. The van der Waals surface area contributed by atoms with Crippen molar-refractivity contribution in [3.05, 3.63) is 76.9 Å². The Hall–Kier alpha value is -2.63. The fourth-order valence-corrected chi connectivity index (χ4v) is 5.41. The highest BCUT2D eigenvalue weighted by atomic mass is 19.4. The van der Waals surface area contributed by atoms with Crippen LogP contribution in [-0.2, 0) is 6.42 Å². The molecule has 182 valence electrons. The van der Waals surface area contributed by atoms with E-state index in [-0.39, 0.29) is 17.7 Å². The minimum absolute atomic E-state index is 0.169. The largest absolute Gasteiger partial charge is 0.573 e. The second kappa shape index (κ2) is 10.3. The van der Waals surface area contributed by atoms with Crippen LogP contribution < -0.4 is 4.74 Å². The topological polar surface area (TPSA) is 9.23 Å². The van der Waals surface area contributed by atoms with Crippen molar-refractivity contribution in [3.63, 3.8) is 0 Å². The van der Waals surface area contributed by atoms with E-state index < -0.39 is 17.9 Å². The predicted molar refractivity (Wildman–Crippen MR) is 124 cm³/mol. The van der Waals surface area contributed by atoms with Gasteiger partial charge in [0.25, 0.3) is 0 Å². The van der Waals surface area contributed by atoms with Crippen LogP contribution in [0.4, 0.5) is 22.0 Å². The molecule has 0 aliphatic heterocycles. The number of benzene rings is 3. The maximum atomic E-state index is 14.7. The van der Waals surface area contributed by atoms with Crippen LogP contribution in [0.5, 0.6) is 5.75 Å². The fraction of sp³-hybridized carbons (Fsp3) is 0.429. The van der Waals surface area contributed by atoms with Crippen LogP contribution in [0.2, 0.25) is 0 Å². The van der Waals surface area contributed by atoms with Crippen molar-refractivity contribution >= 4 is 10.8 Å². The van der Waals surface area contributed by atoms with Gasteiger partial charge in [0.2, 0.25) is 0 Å². The average Bonchev–Trinajstić information content (AvgIpc) is 2.79. The van der Waals surface area contributed by atoms with Crippen LogP contribution in [0.15, 0.2) is 48.5 Å². The summed E-state index contributed by atoms with van der Waals surface area (Å²) < 4.78 is 70.8. The van der Waals surface area contributed by atoms with Crippen LogP contribution in [0.1, 0.15) is 74.5 Å². The smallest absolute Gasteiger partial charge is 0.403 e. The Bertz CT molecular complexity index is 1140. The van der Waals surface area contributed by atoms with Crippen molar-refractivity contribution in [3.8, 4) is 5.75 Å². The van der Waals surface area contributed by atoms with Crippen LogP contribution >= 0.6 is 0 Å². The van der Waals surface area contributed by atoms with Crippen molar-refractivity contribution in [2.24, 2.45) is 5.92 Å². The van der Waals surface area contributed by atoms with Crippen LogP contribution in [0, 0.1) is 17.6 Å². The number of rotatable bonds is 8. The molecule has 0 aromatic heterocycles. The van der Waals surface area contributed by atoms with Gasteiger partial charge in [0.15, 0.2) is 11.6 Å². The summed E-state index contributed by atoms with van der Waals surface area (Å²) >= 11 is 0. The number of hydrogen-bond acceptors (Lipinski definition) is 1. The van der Waals surface area contributed by atoms with Gasteiger partial charge in [-0.25, -0.2) is 8.78 Å². The quantitative estimate of drug-likeness (QED) is 0.233. The van der Waals surface area contributed by atoms with Crippen molar-refractivity contribution in [2.45, 2.75) is 70.6 Å². The lowest BCUT2D eigenvalue weighted by Crippen LogP contribution is -2.23. The summed E-state index contributed by atoms with van der Waals surface area (Å²) in [5.41, 5.74) is 2.68. The molecule has 0 saturated carbocycles. The van der Waals surface area contributed by atoms with E-state index in [2.05, 4.69) is 11.7 Å². The molecule has 0 unspecified atom stereocenters. The second-order valence-corrected chi connectivity index (χ2v) is 9.19. The first kappa shape index (κ1) is 24.5. The summed E-state index contributed by atoms with van der Waals surface area (Å²) in [7, 11) is 0. The van der Waals surface area contributed by atoms with Gasteiger partial charge in [-0.3, -0.25) is 0 Å². The number of aryl methyl sites for hydroxylation is 1. The Morgan fingerprint density at radius 1 is 0.882 bits per heavy atom. The standard InChI is InChI=1S/C28H29F5O/c1-2-3-4-5-6-8-18-11-13-21-20-9-7-10-24(29)22(20)14-15-23(21)27(18)19-12-16-26(25(30)17-19)34-28(31,32)33/h7,9-10,12,14-18,27H,2-6,8,11,13H2,1H3/t18-,27-/m1/s1. The summed E-state index contributed by atoms with van der Waals surface area (Å²) in [5.74, 6) is -2.08. The molecule has 0 saturated heterocycles. The van der Waals surface area contributed by atoms with Gasteiger partial charge in [-0.2, -0.15) is 0 Å². The van der Waals surface area contributed by atoms with Crippen LogP contribution in [-0.4, -0.2) is 6.36 Å². The van der Waals surface area contributed by atoms with Gasteiger partial charge in [0, 0.05) is 11.3 Å². The molecule has 0 fully saturated rings. The van der Waals surface area contributed by atoms with E-state index in [0.29, 0.717) is 10.9 Å². The molecule has 0 spiro atoms. The van der Waals surface area contributed by atoms with Gasteiger partial charge in [-0.15, -0.1) is 13.2 Å². The maximum Gasteiger partial charge on any atom is 0.573 e. The molecular weight excluding hydrogens is 447 g/mol. The second-order valence-electron chi connectivity index (χ2n) is 9.19. The molecule has 0 radical (unpaired) electrons. The number of hydrogen-bond donors (Lipinski definition) is 0. The van der Waals surface area contributed by atoms with E-state index in [0.717, 1.165) is 61.1 Å². The molecule has 1 nitrogen and oxygen atoms in total. The molecule has 0 heterocycles. The molecule has 1 aliphatic rings. The first-order chi connectivity index (χ1) is 16.3. The van der Waals surface area contributed by atoms with Gasteiger partial charge in [0.05, 0.1) is 0 Å². The van der Waals surface area contributed by atoms with E-state index >= 15 is 0 Å². The van der Waals surface area contributed by atoms with E-state index in [1.807, 2.05) is 12.1 Å². The molecule has 2 atom stereocenters. The van der Waals surface area contributed by atoms with Crippen LogP contribution in [0.25, 0.3) is 10.8 Å². The van der Waals surface area contributed by atoms with Gasteiger partial charge in [-0.05, 0) is 65.5 Å². The Kier molecular flexibility index (Phi) is 7.44. The third kappa shape index (κ3) is 5.37. The highest BCUT2D eigenvalue weighted by Gasteiger charge is 2.34. The maximum absolute atomic E-state index is 14.7. The molecule has 34 heavy (non-hydrogen) atoms.